The number of hydrogen-bond acceptors (Lipinski definition) is 5. The molecule has 0 spiro atoms. The molecule has 3 aromatic rings. The highest BCUT2D eigenvalue weighted by Crippen LogP contribution is 2.45. The van der Waals surface area contributed by atoms with Gasteiger partial charge in [-0.25, -0.2) is 4.79 Å². The van der Waals surface area contributed by atoms with Crippen molar-refractivity contribution < 1.29 is 19.5 Å². The fourth-order valence-corrected chi connectivity index (χ4v) is 5.29. The largest absolute Gasteiger partial charge is 0.478 e. The van der Waals surface area contributed by atoms with Crippen LogP contribution in [0.1, 0.15) is 21.5 Å². The quantitative estimate of drug-likeness (QED) is 0.438. The van der Waals surface area contributed by atoms with Crippen LogP contribution in [0.5, 0.6) is 0 Å². The second-order valence-corrected chi connectivity index (χ2v) is 9.10. The normalized spacial score (nSPS) is 17.6. The van der Waals surface area contributed by atoms with Gasteiger partial charge in [0.25, 0.3) is 11.8 Å². The lowest BCUT2D eigenvalue weighted by Crippen LogP contribution is -2.29. The molecule has 6 nitrogen and oxygen atoms in total. The SMILES string of the molecule is O=C(O)c1ccc(N2C(=O)/C(=C3/C(=O)N(Cc4ccccc4)c4ccccc43)SC2=S)cc1. The van der Waals surface area contributed by atoms with E-state index < -0.39 is 11.9 Å². The summed E-state index contributed by atoms with van der Waals surface area (Å²) in [5, 5.41) is 9.12. The summed E-state index contributed by atoms with van der Waals surface area (Å²) in [5.41, 5.74) is 3.33. The number of para-hydroxylation sites is 1. The Bertz CT molecular complexity index is 1350. The van der Waals surface area contributed by atoms with E-state index in [1.54, 1.807) is 4.90 Å². The number of amides is 2. The molecule has 2 heterocycles. The molecule has 33 heavy (non-hydrogen) atoms. The van der Waals surface area contributed by atoms with Crippen molar-refractivity contribution in [3.63, 3.8) is 0 Å². The first kappa shape index (κ1) is 21.1. The average Bonchev–Trinajstić information content (AvgIpc) is 3.26. The first-order chi connectivity index (χ1) is 16.0. The summed E-state index contributed by atoms with van der Waals surface area (Å²) in [4.78, 5) is 41.4. The molecule has 1 saturated heterocycles. The maximum atomic E-state index is 13.5. The first-order valence-electron chi connectivity index (χ1n) is 10.0. The number of carbonyl (C=O) groups is 3. The Morgan fingerprint density at radius 1 is 0.879 bits per heavy atom. The van der Waals surface area contributed by atoms with Crippen molar-refractivity contribution >= 4 is 63.0 Å². The van der Waals surface area contributed by atoms with Crippen LogP contribution in [0.25, 0.3) is 5.57 Å². The molecule has 2 amide bonds. The molecule has 8 heteroatoms. The van der Waals surface area contributed by atoms with Gasteiger partial charge in [0.2, 0.25) is 0 Å². The summed E-state index contributed by atoms with van der Waals surface area (Å²) in [6.07, 6.45) is 0. The molecule has 1 fully saturated rings. The van der Waals surface area contributed by atoms with Gasteiger partial charge >= 0.3 is 5.97 Å². The van der Waals surface area contributed by atoms with Crippen molar-refractivity contribution in [3.8, 4) is 0 Å². The Labute approximate surface area is 199 Å². The zero-order valence-electron chi connectivity index (χ0n) is 17.1. The molecule has 2 aliphatic heterocycles. The molecule has 162 valence electrons. The van der Waals surface area contributed by atoms with E-state index in [0.717, 1.165) is 23.0 Å². The third kappa shape index (κ3) is 3.63. The number of thiocarbonyl (C=S) groups is 1. The highest BCUT2D eigenvalue weighted by molar-refractivity contribution is 8.27. The average molecular weight is 473 g/mol. The number of aromatic carboxylic acids is 1. The maximum Gasteiger partial charge on any atom is 0.335 e. The number of fused-ring (bicyclic) bond motifs is 1. The number of thioether (sulfide) groups is 1. The van der Waals surface area contributed by atoms with Crippen LogP contribution >= 0.6 is 24.0 Å². The minimum absolute atomic E-state index is 0.110. The van der Waals surface area contributed by atoms with E-state index in [0.29, 0.717) is 23.4 Å². The molecule has 0 aliphatic carbocycles. The van der Waals surface area contributed by atoms with Crippen LogP contribution in [-0.2, 0) is 16.1 Å². The van der Waals surface area contributed by atoms with Crippen LogP contribution in [0.2, 0.25) is 0 Å². The molecule has 0 saturated carbocycles. The number of hydrogen-bond donors (Lipinski definition) is 1. The summed E-state index contributed by atoms with van der Waals surface area (Å²) < 4.78 is 0.289. The van der Waals surface area contributed by atoms with E-state index in [-0.39, 0.29) is 20.7 Å². The number of nitrogens with zero attached hydrogens (tertiary/aromatic N) is 2. The fourth-order valence-electron chi connectivity index (χ4n) is 3.92. The van der Waals surface area contributed by atoms with Gasteiger partial charge in [-0.1, -0.05) is 72.5 Å². The van der Waals surface area contributed by atoms with Crippen LogP contribution in [0.3, 0.4) is 0 Å². The Kier molecular flexibility index (Phi) is 5.32. The van der Waals surface area contributed by atoms with Crippen LogP contribution in [0, 0.1) is 0 Å². The molecular formula is C25H16N2O4S2. The van der Waals surface area contributed by atoms with Gasteiger partial charge in [0.1, 0.15) is 0 Å². The minimum atomic E-state index is -1.05. The number of carboxylic acids is 1. The van der Waals surface area contributed by atoms with Gasteiger partial charge in [0.05, 0.1) is 34.0 Å². The van der Waals surface area contributed by atoms with Gasteiger partial charge in [-0.2, -0.15) is 0 Å². The zero-order valence-corrected chi connectivity index (χ0v) is 18.7. The number of anilines is 2. The van der Waals surface area contributed by atoms with Gasteiger partial charge in [-0.05, 0) is 35.9 Å². The summed E-state index contributed by atoms with van der Waals surface area (Å²) in [6.45, 7) is 0.386. The molecule has 0 aromatic heterocycles. The van der Waals surface area contributed by atoms with Gasteiger partial charge in [0.15, 0.2) is 4.32 Å². The van der Waals surface area contributed by atoms with Crippen LogP contribution < -0.4 is 9.80 Å². The lowest BCUT2D eigenvalue weighted by molar-refractivity contribution is -0.115. The van der Waals surface area contributed by atoms with Gasteiger partial charge < -0.3 is 10.0 Å². The molecule has 3 aromatic carbocycles. The van der Waals surface area contributed by atoms with Crippen molar-refractivity contribution in [2.75, 3.05) is 9.80 Å². The van der Waals surface area contributed by atoms with E-state index in [9.17, 15) is 14.4 Å². The van der Waals surface area contributed by atoms with Crippen molar-refractivity contribution in [1.82, 2.24) is 0 Å². The smallest absolute Gasteiger partial charge is 0.335 e. The van der Waals surface area contributed by atoms with E-state index >= 15 is 0 Å². The molecular weight excluding hydrogens is 456 g/mol. The standard InChI is InChI=1S/C25H16N2O4S2/c28-22-20(18-8-4-5-9-19(18)26(22)14-15-6-2-1-3-7-15)21-23(29)27(25(32)33-21)17-12-10-16(11-13-17)24(30)31/h1-13H,14H2,(H,30,31)/b21-20-. The van der Waals surface area contributed by atoms with Gasteiger partial charge in [0, 0.05) is 5.56 Å². The molecule has 0 unspecified atom stereocenters. The Morgan fingerprint density at radius 3 is 2.24 bits per heavy atom. The lowest BCUT2D eigenvalue weighted by atomic mass is 10.1. The van der Waals surface area contributed by atoms with Crippen LogP contribution in [0.15, 0.2) is 83.8 Å². The monoisotopic (exact) mass is 472 g/mol. The van der Waals surface area contributed by atoms with Gasteiger partial charge in [-0.3, -0.25) is 14.5 Å². The fraction of sp³-hybridized carbons (Fsp3) is 0.0400. The number of carbonyl (C=O) groups excluding carboxylic acids is 2. The summed E-state index contributed by atoms with van der Waals surface area (Å²) in [6, 6.07) is 23.0. The molecule has 0 atom stereocenters. The van der Waals surface area contributed by atoms with E-state index in [4.69, 9.17) is 17.3 Å². The summed E-state index contributed by atoms with van der Waals surface area (Å²) >= 11 is 6.54. The molecule has 1 N–H and O–H groups in total. The van der Waals surface area contributed by atoms with Crippen LogP contribution in [-0.4, -0.2) is 27.2 Å². The van der Waals surface area contributed by atoms with Crippen molar-refractivity contribution in [2.45, 2.75) is 6.54 Å². The Morgan fingerprint density at radius 2 is 1.55 bits per heavy atom. The Hall–Kier alpha value is -3.75. The Balaban J connectivity index is 1.55. The third-order valence-corrected chi connectivity index (χ3v) is 6.85. The molecule has 0 radical (unpaired) electrons. The second-order valence-electron chi connectivity index (χ2n) is 7.46. The number of carboxylic acid groups (broad SMARTS) is 1. The molecule has 0 bridgehead atoms. The van der Waals surface area contributed by atoms with Crippen LogP contribution in [0.4, 0.5) is 11.4 Å². The predicted molar refractivity (Wildman–Crippen MR) is 132 cm³/mol. The summed E-state index contributed by atoms with van der Waals surface area (Å²) in [7, 11) is 0. The van der Waals surface area contributed by atoms with E-state index in [1.165, 1.54) is 29.2 Å². The molecule has 5 rings (SSSR count). The van der Waals surface area contributed by atoms with Gasteiger partial charge in [-0.15, -0.1) is 0 Å². The topological polar surface area (TPSA) is 77.9 Å². The van der Waals surface area contributed by atoms with Crippen molar-refractivity contribution in [2.24, 2.45) is 0 Å². The maximum absolute atomic E-state index is 13.5. The highest BCUT2D eigenvalue weighted by Gasteiger charge is 2.42. The minimum Gasteiger partial charge on any atom is -0.478 e. The molecule has 2 aliphatic rings. The third-order valence-electron chi connectivity index (χ3n) is 5.48. The van der Waals surface area contributed by atoms with E-state index in [2.05, 4.69) is 0 Å². The van der Waals surface area contributed by atoms with Crippen molar-refractivity contribution in [1.29, 1.82) is 0 Å². The summed E-state index contributed by atoms with van der Waals surface area (Å²) in [5.74, 6) is -1.70. The van der Waals surface area contributed by atoms with Crippen molar-refractivity contribution in [3.05, 3.63) is 100 Å². The second kappa shape index (κ2) is 8.31. The zero-order chi connectivity index (χ0) is 23.1. The van der Waals surface area contributed by atoms with E-state index in [1.807, 2.05) is 54.6 Å². The number of benzene rings is 3. The first-order valence-corrected chi connectivity index (χ1v) is 11.3. The predicted octanol–water partition coefficient (Wildman–Crippen LogP) is 4.71. The lowest BCUT2D eigenvalue weighted by Gasteiger charge is -2.17. The number of rotatable bonds is 4. The highest BCUT2D eigenvalue weighted by atomic mass is 32.2.